The van der Waals surface area contributed by atoms with E-state index in [0.717, 1.165) is 6.42 Å². The first-order chi connectivity index (χ1) is 12.1. The first-order valence-corrected chi connectivity index (χ1v) is 8.56. The molecular weight excluding hydrogens is 326 g/mol. The molecule has 1 fully saturated rings. The van der Waals surface area contributed by atoms with Crippen molar-refractivity contribution in [1.29, 1.82) is 0 Å². The molecule has 0 aliphatic carbocycles. The molecule has 2 heterocycles. The van der Waals surface area contributed by atoms with E-state index in [2.05, 4.69) is 0 Å². The molecular formula is C18H25NO6. The number of fused-ring (bicyclic) bond motifs is 1. The summed E-state index contributed by atoms with van der Waals surface area (Å²) < 4.78 is 15.7. The van der Waals surface area contributed by atoms with E-state index in [1.165, 1.54) is 0 Å². The number of hydrogen-bond donors (Lipinski definition) is 2. The number of hydrogen-bond acceptors (Lipinski definition) is 6. The van der Waals surface area contributed by atoms with E-state index in [1.807, 2.05) is 0 Å². The summed E-state index contributed by atoms with van der Waals surface area (Å²) in [6.07, 6.45) is 1.14. The van der Waals surface area contributed by atoms with Crippen LogP contribution in [0.3, 0.4) is 0 Å². The molecule has 0 spiro atoms. The quantitative estimate of drug-likeness (QED) is 0.744. The van der Waals surface area contributed by atoms with Crippen molar-refractivity contribution in [3.05, 3.63) is 23.8 Å². The van der Waals surface area contributed by atoms with Crippen LogP contribution >= 0.6 is 0 Å². The molecule has 7 nitrogen and oxygen atoms in total. The second-order valence-corrected chi connectivity index (χ2v) is 6.72. The number of nitrogens with zero attached hydrogens (tertiary/aromatic N) is 1. The Morgan fingerprint density at radius 1 is 1.40 bits per heavy atom. The Bertz CT molecular complexity index is 622. The number of aliphatic hydroxyl groups excluding tert-OH is 2. The number of methoxy groups -OCH3 is 1. The van der Waals surface area contributed by atoms with Crippen LogP contribution in [0.5, 0.6) is 11.5 Å². The predicted octanol–water partition coefficient (Wildman–Crippen LogP) is 1.03. The van der Waals surface area contributed by atoms with Gasteiger partial charge in [-0.25, -0.2) is 0 Å². The number of amides is 1. The molecule has 2 aliphatic heterocycles. The SMILES string of the molecule is COCCC[C@@]1(CO)CN(C(=O)c2ccc3c(c2)OCO3)CC[C@H]1O. The molecule has 25 heavy (non-hydrogen) atoms. The maximum Gasteiger partial charge on any atom is 0.254 e. The van der Waals surface area contributed by atoms with Crippen molar-refractivity contribution in [3.8, 4) is 11.5 Å². The number of rotatable bonds is 6. The third kappa shape index (κ3) is 3.58. The summed E-state index contributed by atoms with van der Waals surface area (Å²) in [4.78, 5) is 14.6. The second kappa shape index (κ2) is 7.59. The monoisotopic (exact) mass is 351 g/mol. The molecule has 0 aromatic heterocycles. The highest BCUT2D eigenvalue weighted by atomic mass is 16.7. The van der Waals surface area contributed by atoms with Crippen LogP contribution in [0.2, 0.25) is 0 Å². The number of benzene rings is 1. The van der Waals surface area contributed by atoms with Crippen molar-refractivity contribution in [1.82, 2.24) is 4.90 Å². The molecule has 1 aromatic rings. The van der Waals surface area contributed by atoms with E-state index in [4.69, 9.17) is 14.2 Å². The van der Waals surface area contributed by atoms with Crippen LogP contribution in [0.15, 0.2) is 18.2 Å². The smallest absolute Gasteiger partial charge is 0.254 e. The number of piperidine rings is 1. The molecule has 2 aliphatic rings. The van der Waals surface area contributed by atoms with Crippen molar-refractivity contribution >= 4 is 5.91 Å². The normalized spacial score (nSPS) is 25.2. The molecule has 3 rings (SSSR count). The van der Waals surface area contributed by atoms with Crippen molar-refractivity contribution in [2.75, 3.05) is 40.2 Å². The van der Waals surface area contributed by atoms with Crippen LogP contribution in [-0.4, -0.2) is 67.3 Å². The number of likely N-dealkylation sites (tertiary alicyclic amines) is 1. The Labute approximate surface area is 147 Å². The number of ether oxygens (including phenoxy) is 3. The van der Waals surface area contributed by atoms with Crippen LogP contribution < -0.4 is 9.47 Å². The van der Waals surface area contributed by atoms with Crippen molar-refractivity contribution in [2.24, 2.45) is 5.41 Å². The minimum Gasteiger partial charge on any atom is -0.454 e. The van der Waals surface area contributed by atoms with Gasteiger partial charge in [-0.05, 0) is 37.5 Å². The molecule has 7 heteroatoms. The van der Waals surface area contributed by atoms with Crippen LogP contribution in [0.1, 0.15) is 29.6 Å². The van der Waals surface area contributed by atoms with Crippen molar-refractivity contribution in [3.63, 3.8) is 0 Å². The minimum absolute atomic E-state index is 0.130. The lowest BCUT2D eigenvalue weighted by molar-refractivity contribution is -0.0745. The molecule has 1 amide bonds. The molecule has 1 saturated heterocycles. The number of carbonyl (C=O) groups excluding carboxylic acids is 1. The summed E-state index contributed by atoms with van der Waals surface area (Å²) in [5.74, 6) is 1.07. The third-order valence-electron chi connectivity index (χ3n) is 5.13. The van der Waals surface area contributed by atoms with E-state index in [9.17, 15) is 15.0 Å². The summed E-state index contributed by atoms with van der Waals surface area (Å²) in [6.45, 7) is 1.34. The highest BCUT2D eigenvalue weighted by Gasteiger charge is 2.43. The van der Waals surface area contributed by atoms with Gasteiger partial charge in [0.2, 0.25) is 6.79 Å². The number of carbonyl (C=O) groups is 1. The Hall–Kier alpha value is -1.83. The van der Waals surface area contributed by atoms with Crippen molar-refractivity contribution < 1.29 is 29.2 Å². The van der Waals surface area contributed by atoms with Gasteiger partial charge in [-0.2, -0.15) is 0 Å². The zero-order chi connectivity index (χ0) is 17.9. The highest BCUT2D eigenvalue weighted by molar-refractivity contribution is 5.95. The van der Waals surface area contributed by atoms with Gasteiger partial charge >= 0.3 is 0 Å². The van der Waals surface area contributed by atoms with Crippen LogP contribution in [0.4, 0.5) is 0 Å². The molecule has 2 N–H and O–H groups in total. The van der Waals surface area contributed by atoms with Gasteiger partial charge in [0, 0.05) is 37.8 Å². The first-order valence-electron chi connectivity index (χ1n) is 8.56. The molecule has 138 valence electrons. The van der Waals surface area contributed by atoms with E-state index >= 15 is 0 Å². The van der Waals surface area contributed by atoms with Gasteiger partial charge in [0.15, 0.2) is 11.5 Å². The summed E-state index contributed by atoms with van der Waals surface area (Å²) >= 11 is 0. The van der Waals surface area contributed by atoms with Gasteiger partial charge in [-0.15, -0.1) is 0 Å². The number of aliphatic hydroxyl groups is 2. The molecule has 1 aromatic carbocycles. The average Bonchev–Trinajstić information content (AvgIpc) is 3.10. The van der Waals surface area contributed by atoms with Crippen LogP contribution in [-0.2, 0) is 4.74 Å². The fourth-order valence-electron chi connectivity index (χ4n) is 3.58. The van der Waals surface area contributed by atoms with Gasteiger partial charge in [0.1, 0.15) is 0 Å². The summed E-state index contributed by atoms with van der Waals surface area (Å²) in [7, 11) is 1.62. The molecule has 0 radical (unpaired) electrons. The Morgan fingerprint density at radius 2 is 2.20 bits per heavy atom. The van der Waals surface area contributed by atoms with E-state index in [1.54, 1.807) is 30.2 Å². The van der Waals surface area contributed by atoms with Gasteiger partial charge in [-0.1, -0.05) is 0 Å². The van der Waals surface area contributed by atoms with Gasteiger partial charge in [0.25, 0.3) is 5.91 Å². The van der Waals surface area contributed by atoms with Crippen LogP contribution in [0.25, 0.3) is 0 Å². The largest absolute Gasteiger partial charge is 0.454 e. The standard InChI is InChI=1S/C18H25NO6/c1-23-8-2-6-18(11-20)10-19(7-5-16(18)21)17(22)13-3-4-14-15(9-13)25-12-24-14/h3-4,9,16,20-21H,2,5-8,10-12H2,1H3/t16-,18+/m1/s1. The molecule has 0 bridgehead atoms. The Balaban J connectivity index is 1.74. The minimum atomic E-state index is -0.706. The maximum absolute atomic E-state index is 12.9. The van der Waals surface area contributed by atoms with Crippen molar-refractivity contribution in [2.45, 2.75) is 25.4 Å². The third-order valence-corrected chi connectivity index (χ3v) is 5.13. The molecule has 2 atom stereocenters. The topological polar surface area (TPSA) is 88.5 Å². The van der Waals surface area contributed by atoms with E-state index in [-0.39, 0.29) is 19.3 Å². The first kappa shape index (κ1) is 18.0. The van der Waals surface area contributed by atoms with Crippen LogP contribution in [0, 0.1) is 5.41 Å². The zero-order valence-corrected chi connectivity index (χ0v) is 14.4. The molecule has 0 unspecified atom stereocenters. The fraction of sp³-hybridized carbons (Fsp3) is 0.611. The average molecular weight is 351 g/mol. The van der Waals surface area contributed by atoms with Gasteiger partial charge in [0.05, 0.1) is 12.7 Å². The Morgan fingerprint density at radius 3 is 2.96 bits per heavy atom. The summed E-state index contributed by atoms with van der Waals surface area (Å²) in [5.41, 5.74) is -0.188. The Kier molecular flexibility index (Phi) is 5.46. The lowest BCUT2D eigenvalue weighted by Crippen LogP contribution is -2.55. The molecule has 0 saturated carbocycles. The van der Waals surface area contributed by atoms with E-state index < -0.39 is 11.5 Å². The highest BCUT2D eigenvalue weighted by Crippen LogP contribution is 2.37. The predicted molar refractivity (Wildman–Crippen MR) is 89.7 cm³/mol. The van der Waals surface area contributed by atoms with E-state index in [0.29, 0.717) is 49.6 Å². The van der Waals surface area contributed by atoms with Gasteiger partial charge < -0.3 is 29.3 Å². The zero-order valence-electron chi connectivity index (χ0n) is 14.4. The lowest BCUT2D eigenvalue weighted by atomic mass is 9.74. The lowest BCUT2D eigenvalue weighted by Gasteiger charge is -2.45. The summed E-state index contributed by atoms with van der Waals surface area (Å²) in [6, 6.07) is 5.12. The van der Waals surface area contributed by atoms with Gasteiger partial charge in [-0.3, -0.25) is 4.79 Å². The fourth-order valence-corrected chi connectivity index (χ4v) is 3.58. The second-order valence-electron chi connectivity index (χ2n) is 6.72. The summed E-state index contributed by atoms with van der Waals surface area (Å²) in [5, 5.41) is 20.4. The maximum atomic E-state index is 12.9.